The molecule has 0 spiro atoms. The molecule has 16 heteroatoms. The minimum absolute atomic E-state index is 0.0793. The number of rotatable bonds is 11. The maximum absolute atomic E-state index is 13.9. The van der Waals surface area contributed by atoms with Crippen LogP contribution in [0, 0.1) is 37.0 Å². The summed E-state index contributed by atoms with van der Waals surface area (Å²) in [4.78, 5) is 52.8. The number of sulfonamides is 1. The first kappa shape index (κ1) is 35.4. The van der Waals surface area contributed by atoms with Crippen molar-refractivity contribution in [2.75, 3.05) is 37.9 Å². The third-order valence-electron chi connectivity index (χ3n) is 7.48. The third kappa shape index (κ3) is 8.69. The highest BCUT2D eigenvalue weighted by Gasteiger charge is 2.55. The second-order valence-electron chi connectivity index (χ2n) is 10.4. The zero-order valence-electron chi connectivity index (χ0n) is 25.6. The Balaban J connectivity index is 1.80. The molecule has 2 amide bonds. The van der Waals surface area contributed by atoms with E-state index in [-0.39, 0.29) is 11.3 Å². The number of methoxy groups -OCH3 is 2. The van der Waals surface area contributed by atoms with Gasteiger partial charge in [0.25, 0.3) is 0 Å². The summed E-state index contributed by atoms with van der Waals surface area (Å²) >= 11 is 2.44. The van der Waals surface area contributed by atoms with Crippen LogP contribution in [0.25, 0.3) is 0 Å². The van der Waals surface area contributed by atoms with Crippen molar-refractivity contribution in [1.82, 2.24) is 4.31 Å². The Hall–Kier alpha value is -4.43. The summed E-state index contributed by atoms with van der Waals surface area (Å²) in [5.41, 5.74) is 0.817. The maximum atomic E-state index is 13.9. The molecule has 13 nitrogen and oxygen atoms in total. The van der Waals surface area contributed by atoms with E-state index in [2.05, 4.69) is 16.6 Å². The number of thiophene rings is 2. The van der Waals surface area contributed by atoms with Gasteiger partial charge in [-0.2, -0.15) is 4.31 Å². The molecule has 2 aromatic heterocycles. The van der Waals surface area contributed by atoms with Gasteiger partial charge in [0, 0.05) is 18.9 Å². The third-order valence-corrected chi connectivity index (χ3v) is 10.9. The fourth-order valence-electron chi connectivity index (χ4n) is 5.34. The zero-order chi connectivity index (χ0) is 34.1. The Morgan fingerprint density at radius 3 is 2.00 bits per heavy atom. The van der Waals surface area contributed by atoms with Crippen LogP contribution in [-0.4, -0.2) is 76.4 Å². The summed E-state index contributed by atoms with van der Waals surface area (Å²) in [6, 6.07) is 12.7. The van der Waals surface area contributed by atoms with Gasteiger partial charge in [-0.15, -0.1) is 29.1 Å². The standard InChI is InChI=1S/C31H33N3O10S3/c1-5-14-34(47(39,40)20-12-10-19(2)11-13-20)18-22-26(29(36)42-4)21(28(35)41-3)17-23(43-30(37)32-24-8-6-15-45-24)27(22)44-31(38)33-25-9-7-16-46-25/h1,6-13,15-16,21-23,26-27H,14,17-18H2,2-4H3,(H,32,37)(H,33,38)/t21-,22-,23-,26-,27+/m0/s1. The predicted molar refractivity (Wildman–Crippen MR) is 174 cm³/mol. The van der Waals surface area contributed by atoms with Crippen LogP contribution in [-0.2, 0) is 38.6 Å². The van der Waals surface area contributed by atoms with Gasteiger partial charge in [-0.25, -0.2) is 18.0 Å². The van der Waals surface area contributed by atoms with Crippen LogP contribution in [0.15, 0.2) is 64.2 Å². The summed E-state index contributed by atoms with van der Waals surface area (Å²) in [6.45, 7) is 0.822. The van der Waals surface area contributed by atoms with E-state index in [1.54, 1.807) is 54.1 Å². The maximum Gasteiger partial charge on any atom is 0.412 e. The molecule has 1 aromatic carbocycles. The Bertz CT molecular complexity index is 1690. The van der Waals surface area contributed by atoms with Gasteiger partial charge in [-0.1, -0.05) is 23.6 Å². The van der Waals surface area contributed by atoms with Gasteiger partial charge in [-0.3, -0.25) is 20.2 Å². The molecular formula is C31H33N3O10S3. The monoisotopic (exact) mass is 703 g/mol. The molecule has 3 aromatic rings. The largest absolute Gasteiger partial charge is 0.469 e. The average molecular weight is 704 g/mol. The van der Waals surface area contributed by atoms with Crippen LogP contribution in [0.5, 0.6) is 0 Å². The van der Waals surface area contributed by atoms with Crippen LogP contribution < -0.4 is 10.6 Å². The predicted octanol–water partition coefficient (Wildman–Crippen LogP) is 4.57. The molecule has 1 aliphatic rings. The van der Waals surface area contributed by atoms with Crippen molar-refractivity contribution in [3.05, 3.63) is 64.9 Å². The van der Waals surface area contributed by atoms with E-state index in [0.29, 0.717) is 10.0 Å². The fraction of sp³-hybridized carbons (Fsp3) is 0.355. The van der Waals surface area contributed by atoms with Crippen LogP contribution in [0.3, 0.4) is 0 Å². The van der Waals surface area contributed by atoms with Crippen molar-refractivity contribution in [2.24, 2.45) is 17.8 Å². The number of esters is 2. The van der Waals surface area contributed by atoms with Crippen LogP contribution in [0.1, 0.15) is 12.0 Å². The highest BCUT2D eigenvalue weighted by molar-refractivity contribution is 7.89. The zero-order valence-corrected chi connectivity index (χ0v) is 28.1. The van der Waals surface area contributed by atoms with Crippen molar-refractivity contribution < 1.29 is 46.5 Å². The molecule has 5 atom stereocenters. The number of amides is 2. The van der Waals surface area contributed by atoms with Gasteiger partial charge in [0.15, 0.2) is 0 Å². The van der Waals surface area contributed by atoms with Crippen LogP contribution in [0.2, 0.25) is 0 Å². The number of hydrogen-bond donors (Lipinski definition) is 2. The number of terminal acetylenes is 1. The summed E-state index contributed by atoms with van der Waals surface area (Å²) in [7, 11) is -2.07. The Morgan fingerprint density at radius 1 is 0.915 bits per heavy atom. The molecule has 0 radical (unpaired) electrons. The molecule has 0 saturated heterocycles. The SMILES string of the molecule is C#CCN(C[C@@H]1[C@@H](OC(=O)Nc2cccs2)[C@@H](OC(=O)Nc2cccs2)C[C@H](C(=O)OC)[C@@H]1C(=O)OC)S(=O)(=O)c1ccc(C)cc1. The van der Waals surface area contributed by atoms with Gasteiger partial charge in [0.05, 0.1) is 47.5 Å². The Morgan fingerprint density at radius 2 is 1.49 bits per heavy atom. The molecule has 250 valence electrons. The number of nitrogens with zero attached hydrogens (tertiary/aromatic N) is 1. The van der Waals surface area contributed by atoms with Gasteiger partial charge in [0.1, 0.15) is 12.2 Å². The molecule has 1 aliphatic carbocycles. The molecule has 2 heterocycles. The number of nitrogens with one attached hydrogen (secondary N) is 2. The van der Waals surface area contributed by atoms with E-state index in [0.717, 1.165) is 24.1 Å². The topological polar surface area (TPSA) is 167 Å². The van der Waals surface area contributed by atoms with E-state index < -0.39 is 77.2 Å². The smallest absolute Gasteiger partial charge is 0.412 e. The Labute approximate surface area is 280 Å². The van der Waals surface area contributed by atoms with Gasteiger partial charge >= 0.3 is 24.1 Å². The first-order chi connectivity index (χ1) is 22.5. The molecule has 47 heavy (non-hydrogen) atoms. The first-order valence-corrected chi connectivity index (χ1v) is 17.4. The lowest BCUT2D eigenvalue weighted by molar-refractivity contribution is -0.174. The summed E-state index contributed by atoms with van der Waals surface area (Å²) < 4.78 is 50.4. The van der Waals surface area contributed by atoms with Crippen LogP contribution in [0.4, 0.5) is 19.6 Å². The highest BCUT2D eigenvalue weighted by Crippen LogP contribution is 2.41. The average Bonchev–Trinajstić information content (AvgIpc) is 3.76. The van der Waals surface area contributed by atoms with Crippen molar-refractivity contribution in [3.63, 3.8) is 0 Å². The van der Waals surface area contributed by atoms with E-state index in [9.17, 15) is 27.6 Å². The highest BCUT2D eigenvalue weighted by atomic mass is 32.2. The van der Waals surface area contributed by atoms with Crippen molar-refractivity contribution >= 4 is 66.8 Å². The minimum atomic E-state index is -4.30. The lowest BCUT2D eigenvalue weighted by Gasteiger charge is -2.44. The van der Waals surface area contributed by atoms with E-state index in [4.69, 9.17) is 25.4 Å². The number of hydrogen-bond acceptors (Lipinski definition) is 12. The van der Waals surface area contributed by atoms with Gasteiger partial charge < -0.3 is 18.9 Å². The molecule has 2 N–H and O–H groups in total. The second-order valence-corrected chi connectivity index (χ2v) is 14.2. The van der Waals surface area contributed by atoms with E-state index in [1.807, 2.05) is 0 Å². The fourth-order valence-corrected chi connectivity index (χ4v) is 7.94. The quantitative estimate of drug-likeness (QED) is 0.164. The molecule has 4 rings (SSSR count). The van der Waals surface area contributed by atoms with E-state index in [1.165, 1.54) is 34.8 Å². The first-order valence-electron chi connectivity index (χ1n) is 14.2. The van der Waals surface area contributed by atoms with Crippen molar-refractivity contribution in [3.8, 4) is 12.3 Å². The Kier molecular flexibility index (Phi) is 12.0. The number of carbonyl (C=O) groups is 4. The van der Waals surface area contributed by atoms with Crippen molar-refractivity contribution in [1.29, 1.82) is 0 Å². The molecule has 1 saturated carbocycles. The molecule has 0 aliphatic heterocycles. The van der Waals surface area contributed by atoms with Crippen LogP contribution >= 0.6 is 22.7 Å². The summed E-state index contributed by atoms with van der Waals surface area (Å²) in [5, 5.41) is 9.49. The number of anilines is 2. The van der Waals surface area contributed by atoms with E-state index >= 15 is 0 Å². The number of ether oxygens (including phenoxy) is 4. The number of benzene rings is 1. The lowest BCUT2D eigenvalue weighted by atomic mass is 9.68. The van der Waals surface area contributed by atoms with Gasteiger partial charge in [-0.05, 0) is 54.1 Å². The summed E-state index contributed by atoms with van der Waals surface area (Å²) in [6.07, 6.45) is 0.556. The normalized spacial score (nSPS) is 20.8. The number of carbonyl (C=O) groups excluding carboxylic acids is 4. The molecule has 1 fully saturated rings. The number of aryl methyl sites for hydroxylation is 1. The van der Waals surface area contributed by atoms with Gasteiger partial charge in [0.2, 0.25) is 10.0 Å². The lowest BCUT2D eigenvalue weighted by Crippen LogP contribution is -2.58. The summed E-state index contributed by atoms with van der Waals surface area (Å²) in [5.74, 6) is -3.42. The molecule has 0 unspecified atom stereocenters. The minimum Gasteiger partial charge on any atom is -0.469 e. The van der Waals surface area contributed by atoms with Crippen molar-refractivity contribution in [2.45, 2.75) is 30.4 Å². The second kappa shape index (κ2) is 15.9. The molecular weight excluding hydrogens is 671 g/mol. The molecule has 0 bridgehead atoms.